The van der Waals surface area contributed by atoms with Crippen LogP contribution in [0.4, 0.5) is 8.78 Å². The molecule has 0 aliphatic carbocycles. The Kier molecular flexibility index (Phi) is 3.29. The van der Waals surface area contributed by atoms with Gasteiger partial charge in [0.15, 0.2) is 5.78 Å². The summed E-state index contributed by atoms with van der Waals surface area (Å²) in [4.78, 5) is 11.9. The standard InChI is InChI=1S/C12H13F2NO/c13-10-5-9(6-11(14)7-10)12(16)8-1-3-15-4-2-8/h5-8,15H,1-4H2. The van der Waals surface area contributed by atoms with Crippen LogP contribution >= 0.6 is 0 Å². The van der Waals surface area contributed by atoms with E-state index in [1.807, 2.05) is 0 Å². The minimum absolute atomic E-state index is 0.109. The molecular formula is C12H13F2NO. The molecule has 1 aliphatic heterocycles. The van der Waals surface area contributed by atoms with Crippen molar-refractivity contribution in [2.45, 2.75) is 12.8 Å². The largest absolute Gasteiger partial charge is 0.317 e. The van der Waals surface area contributed by atoms with Gasteiger partial charge in [-0.1, -0.05) is 0 Å². The van der Waals surface area contributed by atoms with Gasteiger partial charge in [0.25, 0.3) is 0 Å². The van der Waals surface area contributed by atoms with E-state index in [0.29, 0.717) is 0 Å². The fourth-order valence-corrected chi connectivity index (χ4v) is 2.02. The Hall–Kier alpha value is -1.29. The Morgan fingerprint density at radius 1 is 1.12 bits per heavy atom. The normalized spacial score (nSPS) is 17.4. The predicted molar refractivity (Wildman–Crippen MR) is 56.3 cm³/mol. The van der Waals surface area contributed by atoms with Crippen LogP contribution in [0.5, 0.6) is 0 Å². The van der Waals surface area contributed by atoms with Crippen molar-refractivity contribution in [2.24, 2.45) is 5.92 Å². The van der Waals surface area contributed by atoms with Crippen LogP contribution in [0.2, 0.25) is 0 Å². The van der Waals surface area contributed by atoms with E-state index >= 15 is 0 Å². The van der Waals surface area contributed by atoms with Gasteiger partial charge in [0.05, 0.1) is 0 Å². The molecule has 2 nitrogen and oxygen atoms in total. The van der Waals surface area contributed by atoms with Gasteiger partial charge >= 0.3 is 0 Å². The maximum absolute atomic E-state index is 13.0. The zero-order chi connectivity index (χ0) is 11.5. The molecular weight excluding hydrogens is 212 g/mol. The van der Waals surface area contributed by atoms with E-state index < -0.39 is 11.6 Å². The Morgan fingerprint density at radius 3 is 2.25 bits per heavy atom. The third-order valence-corrected chi connectivity index (χ3v) is 2.86. The van der Waals surface area contributed by atoms with E-state index in [-0.39, 0.29) is 17.3 Å². The molecule has 1 aromatic rings. The number of hydrogen-bond donors (Lipinski definition) is 1. The maximum atomic E-state index is 13.0. The van der Waals surface area contributed by atoms with Gasteiger partial charge in [0, 0.05) is 17.5 Å². The molecule has 4 heteroatoms. The summed E-state index contributed by atoms with van der Waals surface area (Å²) in [5, 5.41) is 3.14. The summed E-state index contributed by atoms with van der Waals surface area (Å²) in [5.74, 6) is -1.66. The molecule has 0 saturated carbocycles. The molecule has 0 amide bonds. The second kappa shape index (κ2) is 4.70. The first kappa shape index (κ1) is 11.2. The molecule has 1 fully saturated rings. The fourth-order valence-electron chi connectivity index (χ4n) is 2.02. The van der Waals surface area contributed by atoms with Crippen LogP contribution in [-0.2, 0) is 0 Å². The molecule has 0 unspecified atom stereocenters. The zero-order valence-corrected chi connectivity index (χ0v) is 8.80. The fraction of sp³-hybridized carbons (Fsp3) is 0.417. The van der Waals surface area contributed by atoms with Crippen molar-refractivity contribution < 1.29 is 13.6 Å². The van der Waals surface area contributed by atoms with Crippen molar-refractivity contribution >= 4 is 5.78 Å². The predicted octanol–water partition coefficient (Wildman–Crippen LogP) is 2.15. The van der Waals surface area contributed by atoms with Crippen molar-refractivity contribution in [3.05, 3.63) is 35.4 Å². The number of benzene rings is 1. The number of nitrogens with one attached hydrogen (secondary N) is 1. The minimum atomic E-state index is -0.697. The zero-order valence-electron chi connectivity index (χ0n) is 8.80. The molecule has 1 saturated heterocycles. The number of piperidine rings is 1. The third kappa shape index (κ3) is 2.44. The second-order valence-corrected chi connectivity index (χ2v) is 4.05. The number of hydrogen-bond acceptors (Lipinski definition) is 2. The Labute approximate surface area is 92.7 Å². The van der Waals surface area contributed by atoms with E-state index in [4.69, 9.17) is 0 Å². The minimum Gasteiger partial charge on any atom is -0.317 e. The molecule has 1 aromatic carbocycles. The number of carbonyl (C=O) groups excluding carboxylic acids is 1. The maximum Gasteiger partial charge on any atom is 0.166 e. The summed E-state index contributed by atoms with van der Waals surface area (Å²) in [7, 11) is 0. The van der Waals surface area contributed by atoms with Crippen LogP contribution in [0.3, 0.4) is 0 Å². The summed E-state index contributed by atoms with van der Waals surface area (Å²) in [5.41, 5.74) is 0.143. The topological polar surface area (TPSA) is 29.1 Å². The van der Waals surface area contributed by atoms with E-state index in [9.17, 15) is 13.6 Å². The average molecular weight is 225 g/mol. The number of carbonyl (C=O) groups is 1. The lowest BCUT2D eigenvalue weighted by molar-refractivity contribution is 0.0894. The van der Waals surface area contributed by atoms with E-state index in [0.717, 1.165) is 44.1 Å². The molecule has 0 atom stereocenters. The molecule has 0 spiro atoms. The lowest BCUT2D eigenvalue weighted by Gasteiger charge is -2.21. The van der Waals surface area contributed by atoms with Gasteiger partial charge < -0.3 is 5.32 Å². The van der Waals surface area contributed by atoms with Gasteiger partial charge in [0.2, 0.25) is 0 Å². The van der Waals surface area contributed by atoms with Gasteiger partial charge in [-0.3, -0.25) is 4.79 Å². The van der Waals surface area contributed by atoms with Crippen LogP contribution in [-0.4, -0.2) is 18.9 Å². The summed E-state index contributed by atoms with van der Waals surface area (Å²) >= 11 is 0. The molecule has 1 aliphatic rings. The lowest BCUT2D eigenvalue weighted by atomic mass is 9.89. The monoisotopic (exact) mass is 225 g/mol. The van der Waals surface area contributed by atoms with Crippen molar-refractivity contribution in [1.29, 1.82) is 0 Å². The van der Waals surface area contributed by atoms with Gasteiger partial charge in [-0.05, 0) is 38.1 Å². The SMILES string of the molecule is O=C(c1cc(F)cc(F)c1)C1CCNCC1. The molecule has 2 rings (SSSR count). The summed E-state index contributed by atoms with van der Waals surface area (Å²) < 4.78 is 25.9. The number of halogens is 2. The first-order valence-corrected chi connectivity index (χ1v) is 5.38. The van der Waals surface area contributed by atoms with E-state index in [1.165, 1.54) is 0 Å². The molecule has 86 valence electrons. The van der Waals surface area contributed by atoms with Crippen molar-refractivity contribution in [3.63, 3.8) is 0 Å². The smallest absolute Gasteiger partial charge is 0.166 e. The second-order valence-electron chi connectivity index (χ2n) is 4.05. The first-order chi connectivity index (χ1) is 7.66. The summed E-state index contributed by atoms with van der Waals surface area (Å²) in [6.07, 6.45) is 1.47. The first-order valence-electron chi connectivity index (χ1n) is 5.38. The Bertz CT molecular complexity index is 380. The van der Waals surface area contributed by atoms with Crippen LogP contribution in [0.1, 0.15) is 23.2 Å². The van der Waals surface area contributed by atoms with E-state index in [2.05, 4.69) is 5.32 Å². The van der Waals surface area contributed by atoms with Crippen LogP contribution < -0.4 is 5.32 Å². The quantitative estimate of drug-likeness (QED) is 0.781. The van der Waals surface area contributed by atoms with E-state index in [1.54, 1.807) is 0 Å². The molecule has 1 N–H and O–H groups in total. The molecule has 0 aromatic heterocycles. The number of rotatable bonds is 2. The highest BCUT2D eigenvalue weighted by Gasteiger charge is 2.22. The highest BCUT2D eigenvalue weighted by molar-refractivity contribution is 5.97. The summed E-state index contributed by atoms with van der Waals surface area (Å²) in [6.45, 7) is 1.57. The molecule has 1 heterocycles. The number of ketones is 1. The highest BCUT2D eigenvalue weighted by atomic mass is 19.1. The van der Waals surface area contributed by atoms with Gasteiger partial charge in [0.1, 0.15) is 11.6 Å². The van der Waals surface area contributed by atoms with Gasteiger partial charge in [-0.2, -0.15) is 0 Å². The molecule has 0 radical (unpaired) electrons. The van der Waals surface area contributed by atoms with Crippen molar-refractivity contribution in [3.8, 4) is 0 Å². The van der Waals surface area contributed by atoms with Crippen LogP contribution in [0.25, 0.3) is 0 Å². The summed E-state index contributed by atoms with van der Waals surface area (Å²) in [6, 6.07) is 2.99. The molecule has 16 heavy (non-hydrogen) atoms. The van der Waals surface area contributed by atoms with Gasteiger partial charge in [-0.15, -0.1) is 0 Å². The van der Waals surface area contributed by atoms with Crippen molar-refractivity contribution in [2.75, 3.05) is 13.1 Å². The highest BCUT2D eigenvalue weighted by Crippen LogP contribution is 2.19. The lowest BCUT2D eigenvalue weighted by Crippen LogP contribution is -2.31. The molecule has 0 bridgehead atoms. The number of Topliss-reactive ketones (excluding diaryl/α,β-unsaturated/α-hetero) is 1. The Morgan fingerprint density at radius 2 is 1.69 bits per heavy atom. The van der Waals surface area contributed by atoms with Crippen LogP contribution in [0, 0.1) is 17.6 Å². The van der Waals surface area contributed by atoms with Crippen LogP contribution in [0.15, 0.2) is 18.2 Å². The van der Waals surface area contributed by atoms with Gasteiger partial charge in [-0.25, -0.2) is 8.78 Å². The Balaban J connectivity index is 2.19. The van der Waals surface area contributed by atoms with Crippen molar-refractivity contribution in [1.82, 2.24) is 5.32 Å². The third-order valence-electron chi connectivity index (χ3n) is 2.86. The average Bonchev–Trinajstić information content (AvgIpc) is 2.28.